The Balaban J connectivity index is 1.85. The van der Waals surface area contributed by atoms with Gasteiger partial charge in [0.15, 0.2) is 5.82 Å². The summed E-state index contributed by atoms with van der Waals surface area (Å²) in [6, 6.07) is 8.38. The van der Waals surface area contributed by atoms with E-state index < -0.39 is 0 Å². The molecule has 0 aliphatic rings. The molecule has 1 N–H and O–H groups in total. The summed E-state index contributed by atoms with van der Waals surface area (Å²) in [6.07, 6.45) is 2.55. The van der Waals surface area contributed by atoms with Crippen LogP contribution in [-0.4, -0.2) is 28.4 Å². The van der Waals surface area contributed by atoms with Crippen LogP contribution in [0.3, 0.4) is 0 Å². The van der Waals surface area contributed by atoms with Crippen LogP contribution in [0.5, 0.6) is 5.75 Å². The SMILES string of the molecule is COc1cccc(C(C)NCCc2ncn(C)n2)c1. The predicted molar refractivity (Wildman–Crippen MR) is 74.1 cm³/mol. The number of nitrogens with one attached hydrogen (secondary N) is 1. The fourth-order valence-electron chi connectivity index (χ4n) is 1.93. The number of hydrogen-bond acceptors (Lipinski definition) is 4. The van der Waals surface area contributed by atoms with Gasteiger partial charge in [-0.25, -0.2) is 4.98 Å². The Morgan fingerprint density at radius 3 is 2.95 bits per heavy atom. The molecule has 1 unspecified atom stereocenters. The van der Waals surface area contributed by atoms with Crippen molar-refractivity contribution in [2.24, 2.45) is 7.05 Å². The topological polar surface area (TPSA) is 52.0 Å². The third-order valence-electron chi connectivity index (χ3n) is 3.04. The molecule has 0 spiro atoms. The number of rotatable bonds is 6. The summed E-state index contributed by atoms with van der Waals surface area (Å²) >= 11 is 0. The lowest BCUT2D eigenvalue weighted by atomic mass is 10.1. The van der Waals surface area contributed by atoms with E-state index in [1.54, 1.807) is 18.1 Å². The molecule has 0 saturated heterocycles. The van der Waals surface area contributed by atoms with Crippen molar-refractivity contribution in [3.63, 3.8) is 0 Å². The first kappa shape index (κ1) is 13.5. The van der Waals surface area contributed by atoms with Crippen LogP contribution in [-0.2, 0) is 13.5 Å². The monoisotopic (exact) mass is 260 g/mol. The first-order chi connectivity index (χ1) is 9.19. The van der Waals surface area contributed by atoms with Gasteiger partial charge in [-0.05, 0) is 24.6 Å². The number of hydrogen-bond donors (Lipinski definition) is 1. The molecule has 0 aliphatic carbocycles. The van der Waals surface area contributed by atoms with E-state index >= 15 is 0 Å². The molecule has 0 radical (unpaired) electrons. The van der Waals surface area contributed by atoms with Crippen LogP contribution in [0.15, 0.2) is 30.6 Å². The molecule has 0 fully saturated rings. The van der Waals surface area contributed by atoms with Gasteiger partial charge in [-0.3, -0.25) is 4.68 Å². The Kier molecular flexibility index (Phi) is 4.52. The Labute approximate surface area is 113 Å². The minimum Gasteiger partial charge on any atom is -0.497 e. The van der Waals surface area contributed by atoms with E-state index in [-0.39, 0.29) is 6.04 Å². The van der Waals surface area contributed by atoms with E-state index in [1.807, 2.05) is 19.2 Å². The molecule has 1 aromatic heterocycles. The maximum atomic E-state index is 5.23. The zero-order valence-electron chi connectivity index (χ0n) is 11.6. The zero-order valence-corrected chi connectivity index (χ0v) is 11.6. The Morgan fingerprint density at radius 1 is 1.42 bits per heavy atom. The Hall–Kier alpha value is -1.88. The van der Waals surface area contributed by atoms with Crippen LogP contribution < -0.4 is 10.1 Å². The molecule has 0 aliphatic heterocycles. The number of aryl methyl sites for hydroxylation is 1. The van der Waals surface area contributed by atoms with Gasteiger partial charge in [0.2, 0.25) is 0 Å². The molecule has 0 amide bonds. The molecule has 5 heteroatoms. The lowest BCUT2D eigenvalue weighted by Gasteiger charge is -2.14. The first-order valence-corrected chi connectivity index (χ1v) is 6.41. The maximum absolute atomic E-state index is 5.23. The van der Waals surface area contributed by atoms with Gasteiger partial charge in [0, 0.05) is 26.1 Å². The molecule has 1 aromatic carbocycles. The van der Waals surface area contributed by atoms with Gasteiger partial charge in [0.1, 0.15) is 12.1 Å². The molecule has 5 nitrogen and oxygen atoms in total. The fourth-order valence-corrected chi connectivity index (χ4v) is 1.93. The quantitative estimate of drug-likeness (QED) is 0.859. The smallest absolute Gasteiger partial charge is 0.151 e. The van der Waals surface area contributed by atoms with E-state index in [9.17, 15) is 0 Å². The zero-order chi connectivity index (χ0) is 13.7. The maximum Gasteiger partial charge on any atom is 0.151 e. The van der Waals surface area contributed by atoms with E-state index in [4.69, 9.17) is 4.74 Å². The highest BCUT2D eigenvalue weighted by Gasteiger charge is 2.06. The predicted octanol–water partition coefficient (Wildman–Crippen LogP) is 1.72. The minimum absolute atomic E-state index is 0.277. The van der Waals surface area contributed by atoms with Crippen molar-refractivity contribution in [3.05, 3.63) is 42.0 Å². The van der Waals surface area contributed by atoms with Gasteiger partial charge >= 0.3 is 0 Å². The van der Waals surface area contributed by atoms with Crippen molar-refractivity contribution in [1.29, 1.82) is 0 Å². The second kappa shape index (κ2) is 6.33. The standard InChI is InChI=1S/C14H20N4O/c1-11(12-5-4-6-13(9-12)19-3)15-8-7-14-16-10-18(2)17-14/h4-6,9-11,15H,7-8H2,1-3H3. The first-order valence-electron chi connectivity index (χ1n) is 6.41. The third-order valence-corrected chi connectivity index (χ3v) is 3.04. The molecule has 2 aromatic rings. The number of methoxy groups -OCH3 is 1. The summed E-state index contributed by atoms with van der Waals surface area (Å²) in [5.74, 6) is 1.75. The summed E-state index contributed by atoms with van der Waals surface area (Å²) < 4.78 is 6.95. The molecule has 1 atom stereocenters. The fraction of sp³-hybridized carbons (Fsp3) is 0.429. The highest BCUT2D eigenvalue weighted by molar-refractivity contribution is 5.30. The summed E-state index contributed by atoms with van der Waals surface area (Å²) in [5.41, 5.74) is 1.22. The lowest BCUT2D eigenvalue weighted by molar-refractivity contribution is 0.413. The molecule has 0 saturated carbocycles. The molecule has 1 heterocycles. The molecular formula is C14H20N4O. The Bertz CT molecular complexity index is 524. The normalized spacial score (nSPS) is 12.4. The highest BCUT2D eigenvalue weighted by atomic mass is 16.5. The molecule has 102 valence electrons. The average molecular weight is 260 g/mol. The lowest BCUT2D eigenvalue weighted by Crippen LogP contribution is -2.21. The van der Waals surface area contributed by atoms with Crippen LogP contribution in [0, 0.1) is 0 Å². The van der Waals surface area contributed by atoms with Gasteiger partial charge in [0.05, 0.1) is 7.11 Å². The Morgan fingerprint density at radius 2 is 2.26 bits per heavy atom. The van der Waals surface area contributed by atoms with Crippen molar-refractivity contribution < 1.29 is 4.74 Å². The van der Waals surface area contributed by atoms with Crippen molar-refractivity contribution in [3.8, 4) is 5.75 Å². The largest absolute Gasteiger partial charge is 0.497 e. The van der Waals surface area contributed by atoms with Crippen LogP contribution in [0.25, 0.3) is 0 Å². The van der Waals surface area contributed by atoms with Crippen molar-refractivity contribution in [1.82, 2.24) is 20.1 Å². The molecule has 19 heavy (non-hydrogen) atoms. The van der Waals surface area contributed by atoms with Crippen molar-refractivity contribution in [2.75, 3.05) is 13.7 Å². The second-order valence-electron chi connectivity index (χ2n) is 4.54. The van der Waals surface area contributed by atoms with E-state index in [0.717, 1.165) is 24.5 Å². The average Bonchev–Trinajstić information content (AvgIpc) is 2.84. The summed E-state index contributed by atoms with van der Waals surface area (Å²) in [6.45, 7) is 2.99. The van der Waals surface area contributed by atoms with Crippen molar-refractivity contribution in [2.45, 2.75) is 19.4 Å². The van der Waals surface area contributed by atoms with E-state index in [1.165, 1.54) is 5.56 Å². The second-order valence-corrected chi connectivity index (χ2v) is 4.54. The van der Waals surface area contributed by atoms with Crippen molar-refractivity contribution >= 4 is 0 Å². The number of nitrogens with zero attached hydrogens (tertiary/aromatic N) is 3. The highest BCUT2D eigenvalue weighted by Crippen LogP contribution is 2.18. The number of aromatic nitrogens is 3. The van der Waals surface area contributed by atoms with Gasteiger partial charge in [-0.2, -0.15) is 5.10 Å². The third kappa shape index (κ3) is 3.79. The van der Waals surface area contributed by atoms with E-state index in [2.05, 4.69) is 34.5 Å². The van der Waals surface area contributed by atoms with Gasteiger partial charge < -0.3 is 10.1 Å². The van der Waals surface area contributed by atoms with Crippen LogP contribution in [0.1, 0.15) is 24.4 Å². The van der Waals surface area contributed by atoms with Crippen LogP contribution >= 0.6 is 0 Å². The summed E-state index contributed by atoms with van der Waals surface area (Å²) in [4.78, 5) is 4.20. The minimum atomic E-state index is 0.277. The summed E-state index contributed by atoms with van der Waals surface area (Å²) in [5, 5.41) is 7.72. The summed E-state index contributed by atoms with van der Waals surface area (Å²) in [7, 11) is 3.56. The van der Waals surface area contributed by atoms with Crippen LogP contribution in [0.2, 0.25) is 0 Å². The number of ether oxygens (including phenoxy) is 1. The molecule has 2 rings (SSSR count). The van der Waals surface area contributed by atoms with Gasteiger partial charge in [-0.1, -0.05) is 12.1 Å². The number of benzene rings is 1. The van der Waals surface area contributed by atoms with E-state index in [0.29, 0.717) is 0 Å². The van der Waals surface area contributed by atoms with Gasteiger partial charge in [0.25, 0.3) is 0 Å². The van der Waals surface area contributed by atoms with Crippen LogP contribution in [0.4, 0.5) is 0 Å². The molecule has 0 bridgehead atoms. The molecular weight excluding hydrogens is 240 g/mol. The van der Waals surface area contributed by atoms with Gasteiger partial charge in [-0.15, -0.1) is 0 Å².